The summed E-state index contributed by atoms with van der Waals surface area (Å²) in [6.07, 6.45) is 0.875. The lowest BCUT2D eigenvalue weighted by Gasteiger charge is -2.25. The molecule has 0 bridgehead atoms. The lowest BCUT2D eigenvalue weighted by atomic mass is 10.0. The Bertz CT molecular complexity index is 675. The molecule has 7 heteroatoms. The lowest BCUT2D eigenvalue weighted by molar-refractivity contribution is -0.138. The summed E-state index contributed by atoms with van der Waals surface area (Å²) in [4.78, 5) is 38.1. The minimum atomic E-state index is -0.500. The van der Waals surface area contributed by atoms with Crippen LogP contribution in [0.1, 0.15) is 38.2 Å². The zero-order chi connectivity index (χ0) is 18.0. The number of hydrogen-bond donors (Lipinski definition) is 2. The molecule has 2 N–H and O–H groups in total. The summed E-state index contributed by atoms with van der Waals surface area (Å²) in [6.45, 7) is 4.24. The van der Waals surface area contributed by atoms with Crippen LogP contribution in [0.15, 0.2) is 24.3 Å². The largest absolute Gasteiger partial charge is 0.344 e. The fourth-order valence-electron chi connectivity index (χ4n) is 3.05. The second kappa shape index (κ2) is 7.47. The van der Waals surface area contributed by atoms with E-state index in [2.05, 4.69) is 24.5 Å². The molecular formula is C18H23N3O3S. The van der Waals surface area contributed by atoms with E-state index in [1.807, 2.05) is 24.3 Å². The predicted molar refractivity (Wildman–Crippen MR) is 98.3 cm³/mol. The summed E-state index contributed by atoms with van der Waals surface area (Å²) in [5.41, 5.74) is 1.94. The van der Waals surface area contributed by atoms with Crippen LogP contribution in [-0.2, 0) is 14.4 Å². The second-order valence-corrected chi connectivity index (χ2v) is 7.75. The molecule has 134 valence electrons. The van der Waals surface area contributed by atoms with Crippen molar-refractivity contribution in [2.24, 2.45) is 0 Å². The molecule has 1 unspecified atom stereocenters. The van der Waals surface area contributed by atoms with Gasteiger partial charge in [0.25, 0.3) is 0 Å². The van der Waals surface area contributed by atoms with Gasteiger partial charge in [-0.25, -0.2) is 0 Å². The number of amides is 3. The van der Waals surface area contributed by atoms with Crippen LogP contribution in [0.4, 0.5) is 5.69 Å². The Morgan fingerprint density at radius 1 is 1.28 bits per heavy atom. The molecule has 2 aliphatic rings. The number of hydrogen-bond acceptors (Lipinski definition) is 4. The van der Waals surface area contributed by atoms with E-state index in [-0.39, 0.29) is 17.7 Å². The average molecular weight is 361 g/mol. The smallest absolute Gasteiger partial charge is 0.248 e. The molecule has 1 aromatic carbocycles. The Balaban J connectivity index is 1.64. The van der Waals surface area contributed by atoms with Gasteiger partial charge in [0.05, 0.1) is 5.88 Å². The molecule has 2 heterocycles. The number of carbonyl (C=O) groups excluding carboxylic acids is 3. The molecular weight excluding hydrogens is 338 g/mol. The Morgan fingerprint density at radius 3 is 2.60 bits per heavy atom. The van der Waals surface area contributed by atoms with Gasteiger partial charge in [0.2, 0.25) is 17.7 Å². The quantitative estimate of drug-likeness (QED) is 0.859. The summed E-state index contributed by atoms with van der Waals surface area (Å²) in [5, 5.41) is 5.59. The molecule has 0 radical (unpaired) electrons. The number of carbonyl (C=O) groups is 3. The molecule has 0 spiro atoms. The predicted octanol–water partition coefficient (Wildman–Crippen LogP) is 1.93. The number of nitrogens with zero attached hydrogens (tertiary/aromatic N) is 1. The SMILES string of the molecule is CC(C)c1ccc(NC(=O)[C@H]2CSCN2C(=O)C2CCC(=O)N2)cc1. The van der Waals surface area contributed by atoms with Gasteiger partial charge in [-0.15, -0.1) is 11.8 Å². The first kappa shape index (κ1) is 17.8. The number of rotatable bonds is 4. The topological polar surface area (TPSA) is 78.5 Å². The van der Waals surface area contributed by atoms with Crippen LogP contribution in [0.3, 0.4) is 0 Å². The van der Waals surface area contributed by atoms with Gasteiger partial charge in [0.1, 0.15) is 12.1 Å². The normalized spacial score (nSPS) is 23.0. The molecule has 0 aliphatic carbocycles. The van der Waals surface area contributed by atoms with Gasteiger partial charge in [-0.3, -0.25) is 14.4 Å². The Kier molecular flexibility index (Phi) is 5.32. The number of nitrogens with one attached hydrogen (secondary N) is 2. The summed E-state index contributed by atoms with van der Waals surface area (Å²) in [5.74, 6) is 1.05. The van der Waals surface area contributed by atoms with Crippen molar-refractivity contribution >= 4 is 35.2 Å². The van der Waals surface area contributed by atoms with Crippen molar-refractivity contribution in [3.8, 4) is 0 Å². The maximum absolute atomic E-state index is 12.6. The van der Waals surface area contributed by atoms with Gasteiger partial charge in [0.15, 0.2) is 0 Å². The summed E-state index contributed by atoms with van der Waals surface area (Å²) in [7, 11) is 0. The maximum Gasteiger partial charge on any atom is 0.248 e. The van der Waals surface area contributed by atoms with Gasteiger partial charge in [0, 0.05) is 17.9 Å². The van der Waals surface area contributed by atoms with Gasteiger partial charge in [-0.2, -0.15) is 0 Å². The van der Waals surface area contributed by atoms with Crippen LogP contribution in [0.25, 0.3) is 0 Å². The zero-order valence-electron chi connectivity index (χ0n) is 14.5. The molecule has 25 heavy (non-hydrogen) atoms. The third-order valence-electron chi connectivity index (χ3n) is 4.61. The van der Waals surface area contributed by atoms with Crippen molar-refractivity contribution in [2.45, 2.75) is 44.7 Å². The minimum absolute atomic E-state index is 0.101. The second-order valence-electron chi connectivity index (χ2n) is 6.75. The fourth-order valence-corrected chi connectivity index (χ4v) is 4.22. The number of thioether (sulfide) groups is 1. The monoisotopic (exact) mass is 361 g/mol. The maximum atomic E-state index is 12.6. The Labute approximate surface area is 151 Å². The van der Waals surface area contributed by atoms with Gasteiger partial charge in [-0.1, -0.05) is 26.0 Å². The van der Waals surface area contributed by atoms with Crippen molar-refractivity contribution in [2.75, 3.05) is 16.9 Å². The summed E-state index contributed by atoms with van der Waals surface area (Å²) in [6, 6.07) is 6.78. The van der Waals surface area contributed by atoms with E-state index >= 15 is 0 Å². The summed E-state index contributed by atoms with van der Waals surface area (Å²) < 4.78 is 0. The molecule has 0 saturated carbocycles. The van der Waals surface area contributed by atoms with Crippen molar-refractivity contribution in [3.63, 3.8) is 0 Å². The van der Waals surface area contributed by atoms with E-state index in [1.165, 1.54) is 5.56 Å². The Hall–Kier alpha value is -2.02. The molecule has 2 saturated heterocycles. The van der Waals surface area contributed by atoms with Crippen molar-refractivity contribution in [3.05, 3.63) is 29.8 Å². The van der Waals surface area contributed by atoms with E-state index in [4.69, 9.17) is 0 Å². The van der Waals surface area contributed by atoms with Crippen molar-refractivity contribution in [1.29, 1.82) is 0 Å². The van der Waals surface area contributed by atoms with Crippen LogP contribution in [0, 0.1) is 0 Å². The van der Waals surface area contributed by atoms with Crippen LogP contribution in [-0.4, -0.2) is 46.3 Å². The highest BCUT2D eigenvalue weighted by Crippen LogP contribution is 2.25. The lowest BCUT2D eigenvalue weighted by Crippen LogP contribution is -2.50. The van der Waals surface area contributed by atoms with E-state index in [9.17, 15) is 14.4 Å². The highest BCUT2D eigenvalue weighted by molar-refractivity contribution is 7.99. The van der Waals surface area contributed by atoms with Crippen LogP contribution < -0.4 is 10.6 Å². The fraction of sp³-hybridized carbons (Fsp3) is 0.500. The Morgan fingerprint density at radius 2 is 2.00 bits per heavy atom. The number of anilines is 1. The van der Waals surface area contributed by atoms with E-state index in [0.29, 0.717) is 30.4 Å². The average Bonchev–Trinajstić information content (AvgIpc) is 3.23. The number of benzene rings is 1. The molecule has 2 fully saturated rings. The molecule has 1 aromatic rings. The standard InChI is InChI=1S/C18H23N3O3S/c1-11(2)12-3-5-13(6-4-12)19-17(23)15-9-25-10-21(15)18(24)14-7-8-16(22)20-14/h3-6,11,14-15H,7-10H2,1-2H3,(H,19,23)(H,20,22)/t14?,15-/m1/s1. The minimum Gasteiger partial charge on any atom is -0.344 e. The molecule has 3 amide bonds. The first-order valence-electron chi connectivity index (χ1n) is 8.54. The van der Waals surface area contributed by atoms with E-state index < -0.39 is 12.1 Å². The van der Waals surface area contributed by atoms with Gasteiger partial charge in [-0.05, 0) is 30.0 Å². The van der Waals surface area contributed by atoms with Crippen LogP contribution >= 0.6 is 11.8 Å². The van der Waals surface area contributed by atoms with Crippen molar-refractivity contribution < 1.29 is 14.4 Å². The van der Waals surface area contributed by atoms with Crippen molar-refractivity contribution in [1.82, 2.24) is 10.2 Å². The molecule has 2 aliphatic heterocycles. The first-order valence-corrected chi connectivity index (χ1v) is 9.69. The highest BCUT2D eigenvalue weighted by Gasteiger charge is 2.39. The summed E-state index contributed by atoms with van der Waals surface area (Å²) >= 11 is 1.56. The highest BCUT2D eigenvalue weighted by atomic mass is 32.2. The van der Waals surface area contributed by atoms with Crippen LogP contribution in [0.2, 0.25) is 0 Å². The van der Waals surface area contributed by atoms with Crippen LogP contribution in [0.5, 0.6) is 0 Å². The first-order chi connectivity index (χ1) is 12.0. The molecule has 0 aromatic heterocycles. The molecule has 3 rings (SSSR count). The van der Waals surface area contributed by atoms with Gasteiger partial charge >= 0.3 is 0 Å². The molecule has 2 atom stereocenters. The van der Waals surface area contributed by atoms with Gasteiger partial charge < -0.3 is 15.5 Å². The third-order valence-corrected chi connectivity index (χ3v) is 5.62. The van der Waals surface area contributed by atoms with E-state index in [0.717, 1.165) is 5.69 Å². The molecule has 6 nitrogen and oxygen atoms in total. The van der Waals surface area contributed by atoms with E-state index in [1.54, 1.807) is 16.7 Å². The zero-order valence-corrected chi connectivity index (χ0v) is 15.3. The third kappa shape index (κ3) is 3.98.